The molecule has 27 heavy (non-hydrogen) atoms. The van der Waals surface area contributed by atoms with Crippen LogP contribution in [0.5, 0.6) is 0 Å². The Hall–Kier alpha value is -2.53. The van der Waals surface area contributed by atoms with Crippen LogP contribution in [0.1, 0.15) is 25.0 Å². The van der Waals surface area contributed by atoms with Gasteiger partial charge in [-0.1, -0.05) is 55.8 Å². The minimum atomic E-state index is -0.588. The summed E-state index contributed by atoms with van der Waals surface area (Å²) in [6.07, 6.45) is 0.835. The van der Waals surface area contributed by atoms with Crippen LogP contribution in [-0.4, -0.2) is 29.4 Å². The quantitative estimate of drug-likeness (QED) is 0.833. The van der Waals surface area contributed by atoms with Gasteiger partial charge < -0.3 is 15.5 Å². The van der Waals surface area contributed by atoms with Crippen molar-refractivity contribution in [3.63, 3.8) is 0 Å². The van der Waals surface area contributed by atoms with Gasteiger partial charge in [0, 0.05) is 23.8 Å². The van der Waals surface area contributed by atoms with Gasteiger partial charge in [-0.3, -0.25) is 4.79 Å². The number of nitrogens with one attached hydrogen (secondary N) is 2. The molecule has 142 valence electrons. The van der Waals surface area contributed by atoms with Gasteiger partial charge in [0.2, 0.25) is 5.91 Å². The zero-order valence-corrected chi connectivity index (χ0v) is 16.3. The van der Waals surface area contributed by atoms with E-state index >= 15 is 0 Å². The normalized spacial score (nSPS) is 14.4. The molecular formula is C21H24ClN3O2. The molecule has 1 atom stereocenters. The molecule has 1 heterocycles. The van der Waals surface area contributed by atoms with E-state index in [2.05, 4.69) is 22.8 Å². The van der Waals surface area contributed by atoms with Crippen LogP contribution in [0.15, 0.2) is 48.5 Å². The lowest BCUT2D eigenvalue weighted by Gasteiger charge is -2.33. The number of carbonyl (C=O) groups is 2. The summed E-state index contributed by atoms with van der Waals surface area (Å²) in [6, 6.07) is 14.1. The lowest BCUT2D eigenvalue weighted by molar-refractivity contribution is -0.135. The highest BCUT2D eigenvalue weighted by molar-refractivity contribution is 6.30. The Morgan fingerprint density at radius 1 is 1.07 bits per heavy atom. The van der Waals surface area contributed by atoms with E-state index in [9.17, 15) is 9.59 Å². The average Bonchev–Trinajstić information content (AvgIpc) is 2.65. The summed E-state index contributed by atoms with van der Waals surface area (Å²) in [5, 5.41) is 6.10. The maximum atomic E-state index is 13.1. The maximum Gasteiger partial charge on any atom is 0.319 e. The molecule has 0 spiro atoms. The number of carbonyl (C=O) groups excluding carboxylic acids is 2. The Balaban J connectivity index is 1.66. The highest BCUT2D eigenvalue weighted by Crippen LogP contribution is 2.20. The minimum absolute atomic E-state index is 0.0280. The summed E-state index contributed by atoms with van der Waals surface area (Å²) in [6.45, 7) is 5.10. The third-order valence-electron chi connectivity index (χ3n) is 4.74. The van der Waals surface area contributed by atoms with E-state index in [1.807, 2.05) is 30.9 Å². The second-order valence-electron chi connectivity index (χ2n) is 7.11. The first-order valence-electron chi connectivity index (χ1n) is 9.12. The Bertz CT molecular complexity index is 838. The van der Waals surface area contributed by atoms with Crippen LogP contribution < -0.4 is 10.6 Å². The maximum absolute atomic E-state index is 13.1. The average molecular weight is 386 g/mol. The first-order chi connectivity index (χ1) is 12.9. The van der Waals surface area contributed by atoms with Gasteiger partial charge in [-0.15, -0.1) is 0 Å². The third kappa shape index (κ3) is 4.80. The zero-order valence-electron chi connectivity index (χ0n) is 15.5. The predicted molar refractivity (Wildman–Crippen MR) is 108 cm³/mol. The summed E-state index contributed by atoms with van der Waals surface area (Å²) in [5.41, 5.74) is 3.04. The van der Waals surface area contributed by atoms with Crippen LogP contribution >= 0.6 is 11.6 Å². The second kappa shape index (κ2) is 8.44. The molecule has 0 bridgehead atoms. The molecule has 5 nitrogen and oxygen atoms in total. The van der Waals surface area contributed by atoms with Gasteiger partial charge in [0.15, 0.2) is 0 Å². The molecule has 0 fully saturated rings. The van der Waals surface area contributed by atoms with Crippen LogP contribution in [0, 0.1) is 5.92 Å². The molecular weight excluding hydrogens is 362 g/mol. The number of amides is 3. The lowest BCUT2D eigenvalue weighted by atomic mass is 9.97. The van der Waals surface area contributed by atoms with Gasteiger partial charge >= 0.3 is 6.03 Å². The first-order valence-corrected chi connectivity index (χ1v) is 9.50. The molecule has 0 aliphatic carbocycles. The number of hydrogen-bond acceptors (Lipinski definition) is 2. The molecule has 2 N–H and O–H groups in total. The highest BCUT2D eigenvalue weighted by atomic mass is 35.5. The molecule has 0 aromatic heterocycles. The van der Waals surface area contributed by atoms with Crippen molar-refractivity contribution in [2.45, 2.75) is 32.9 Å². The highest BCUT2D eigenvalue weighted by Gasteiger charge is 2.30. The lowest BCUT2D eigenvalue weighted by Crippen LogP contribution is -2.53. The zero-order chi connectivity index (χ0) is 19.4. The minimum Gasteiger partial charge on any atom is -0.336 e. The number of benzene rings is 2. The van der Waals surface area contributed by atoms with Crippen LogP contribution in [-0.2, 0) is 17.8 Å². The fourth-order valence-electron chi connectivity index (χ4n) is 3.27. The van der Waals surface area contributed by atoms with Crippen LogP contribution in [0.3, 0.4) is 0 Å². The van der Waals surface area contributed by atoms with E-state index in [0.29, 0.717) is 23.8 Å². The van der Waals surface area contributed by atoms with E-state index in [1.165, 1.54) is 11.1 Å². The fraction of sp³-hybridized carbons (Fsp3) is 0.333. The molecule has 1 aliphatic heterocycles. The Labute approximate surface area is 164 Å². The fourth-order valence-corrected chi connectivity index (χ4v) is 3.46. The van der Waals surface area contributed by atoms with Crippen LogP contribution in [0.2, 0.25) is 5.02 Å². The topological polar surface area (TPSA) is 61.4 Å². The Morgan fingerprint density at radius 2 is 1.81 bits per heavy atom. The summed E-state index contributed by atoms with van der Waals surface area (Å²) >= 11 is 5.95. The number of hydrogen-bond donors (Lipinski definition) is 2. The molecule has 2 aromatic carbocycles. The van der Waals surface area contributed by atoms with Gasteiger partial charge in [-0.05, 0) is 41.7 Å². The monoisotopic (exact) mass is 385 g/mol. The van der Waals surface area contributed by atoms with Gasteiger partial charge in [0.25, 0.3) is 0 Å². The van der Waals surface area contributed by atoms with Crippen molar-refractivity contribution < 1.29 is 9.59 Å². The van der Waals surface area contributed by atoms with Crippen molar-refractivity contribution >= 4 is 29.2 Å². The van der Waals surface area contributed by atoms with Crippen molar-refractivity contribution in [3.05, 3.63) is 64.7 Å². The second-order valence-corrected chi connectivity index (χ2v) is 7.55. The van der Waals surface area contributed by atoms with E-state index < -0.39 is 12.1 Å². The molecule has 0 radical (unpaired) electrons. The smallest absolute Gasteiger partial charge is 0.319 e. The molecule has 0 saturated carbocycles. The number of fused-ring (bicyclic) bond motifs is 1. The number of nitrogens with zero attached hydrogens (tertiary/aromatic N) is 1. The molecule has 1 aliphatic rings. The van der Waals surface area contributed by atoms with Crippen molar-refractivity contribution in [1.82, 2.24) is 10.2 Å². The summed E-state index contributed by atoms with van der Waals surface area (Å²) in [4.78, 5) is 27.3. The van der Waals surface area contributed by atoms with Gasteiger partial charge in [0.05, 0.1) is 0 Å². The number of rotatable bonds is 4. The Morgan fingerprint density at radius 3 is 2.52 bits per heavy atom. The van der Waals surface area contributed by atoms with Gasteiger partial charge in [-0.2, -0.15) is 0 Å². The van der Waals surface area contributed by atoms with Crippen LogP contribution in [0.25, 0.3) is 0 Å². The SMILES string of the molecule is CC(C)[C@H](NC(=O)Nc1cccc(Cl)c1)C(=O)N1CCc2ccccc2C1. The van der Waals surface area contributed by atoms with E-state index in [-0.39, 0.29) is 11.8 Å². The number of halogens is 1. The molecule has 0 unspecified atom stereocenters. The van der Waals surface area contributed by atoms with Gasteiger partial charge in [0.1, 0.15) is 6.04 Å². The predicted octanol–water partition coefficient (Wildman–Crippen LogP) is 4.07. The summed E-state index contributed by atoms with van der Waals surface area (Å²) in [7, 11) is 0. The Kier molecular flexibility index (Phi) is 6.01. The molecule has 2 aromatic rings. The summed E-state index contributed by atoms with van der Waals surface area (Å²) < 4.78 is 0. The third-order valence-corrected chi connectivity index (χ3v) is 4.98. The van der Waals surface area contributed by atoms with E-state index in [0.717, 1.165) is 6.42 Å². The first kappa shape index (κ1) is 19.2. The number of anilines is 1. The molecule has 3 amide bonds. The van der Waals surface area contributed by atoms with Crippen LogP contribution in [0.4, 0.5) is 10.5 Å². The van der Waals surface area contributed by atoms with Crippen molar-refractivity contribution in [1.29, 1.82) is 0 Å². The molecule has 6 heteroatoms. The standard InChI is InChI=1S/C21H24ClN3O2/c1-14(2)19(24-21(27)23-18-9-5-8-17(22)12-18)20(26)25-11-10-15-6-3-4-7-16(15)13-25/h3-9,12,14,19H,10-11,13H2,1-2H3,(H2,23,24,27)/t19-/m0/s1. The van der Waals surface area contributed by atoms with E-state index in [1.54, 1.807) is 24.3 Å². The number of urea groups is 1. The summed E-state index contributed by atoms with van der Waals surface area (Å²) in [5.74, 6) is -0.0828. The van der Waals surface area contributed by atoms with Gasteiger partial charge in [-0.25, -0.2) is 4.79 Å². The van der Waals surface area contributed by atoms with Crippen molar-refractivity contribution in [2.24, 2.45) is 5.92 Å². The molecule has 0 saturated heterocycles. The van der Waals surface area contributed by atoms with E-state index in [4.69, 9.17) is 11.6 Å². The largest absolute Gasteiger partial charge is 0.336 e. The van der Waals surface area contributed by atoms with Crippen molar-refractivity contribution in [2.75, 3.05) is 11.9 Å². The molecule has 3 rings (SSSR count). The van der Waals surface area contributed by atoms with Crippen molar-refractivity contribution in [3.8, 4) is 0 Å².